The van der Waals surface area contributed by atoms with E-state index in [1.807, 2.05) is 0 Å². The second-order valence-corrected chi connectivity index (χ2v) is 3.58. The van der Waals surface area contributed by atoms with Gasteiger partial charge >= 0.3 is 5.97 Å². The molecule has 0 atom stereocenters. The summed E-state index contributed by atoms with van der Waals surface area (Å²) in [5.74, 6) is -1.61. The van der Waals surface area contributed by atoms with Gasteiger partial charge in [0.25, 0.3) is 0 Å². The van der Waals surface area contributed by atoms with E-state index in [2.05, 4.69) is 9.97 Å². The van der Waals surface area contributed by atoms with Crippen LogP contribution in [0.2, 0.25) is 0 Å². The number of nitrogens with zero attached hydrogens (tertiary/aromatic N) is 2. The predicted molar refractivity (Wildman–Crippen MR) is 59.1 cm³/mol. The Bertz CT molecular complexity index is 564. The lowest BCUT2D eigenvalue weighted by Crippen LogP contribution is -2.04. The molecule has 17 heavy (non-hydrogen) atoms. The van der Waals surface area contributed by atoms with Crippen LogP contribution in [-0.4, -0.2) is 21.0 Å². The topological polar surface area (TPSA) is 63.1 Å². The Kier molecular flexibility index (Phi) is 2.82. The number of carboxylic acids is 1. The number of halogens is 1. The molecule has 0 spiro atoms. The quantitative estimate of drug-likeness (QED) is 0.862. The summed E-state index contributed by atoms with van der Waals surface area (Å²) < 4.78 is 13.3. The van der Waals surface area contributed by atoms with E-state index in [0.717, 1.165) is 0 Å². The van der Waals surface area contributed by atoms with Crippen molar-refractivity contribution in [2.75, 3.05) is 0 Å². The van der Waals surface area contributed by atoms with Crippen LogP contribution in [-0.2, 0) is 0 Å². The van der Waals surface area contributed by atoms with Crippen molar-refractivity contribution in [3.63, 3.8) is 0 Å². The molecule has 1 heterocycles. The second-order valence-electron chi connectivity index (χ2n) is 3.58. The maximum absolute atomic E-state index is 13.3. The molecule has 1 aromatic carbocycles. The lowest BCUT2D eigenvalue weighted by molar-refractivity contribution is 0.0691. The Morgan fingerprint density at radius 2 is 1.94 bits per heavy atom. The number of benzene rings is 1. The maximum atomic E-state index is 13.3. The minimum Gasteiger partial charge on any atom is -0.476 e. The molecule has 5 heteroatoms. The number of aromatic nitrogens is 2. The largest absolute Gasteiger partial charge is 0.476 e. The third-order valence-corrected chi connectivity index (χ3v) is 2.22. The highest BCUT2D eigenvalue weighted by Gasteiger charge is 2.14. The SMILES string of the molecule is Cc1cc(F)cc(-c2nccnc2C(=O)O)c1. The van der Waals surface area contributed by atoms with E-state index < -0.39 is 11.8 Å². The summed E-state index contributed by atoms with van der Waals surface area (Å²) in [7, 11) is 0. The molecule has 2 rings (SSSR count). The molecule has 1 N–H and O–H groups in total. The molecule has 86 valence electrons. The minimum atomic E-state index is -1.19. The fraction of sp³-hybridized carbons (Fsp3) is 0.0833. The average molecular weight is 232 g/mol. The summed E-state index contributed by atoms with van der Waals surface area (Å²) in [5.41, 5.74) is 1.09. The van der Waals surface area contributed by atoms with Crippen LogP contribution in [0, 0.1) is 12.7 Å². The number of hydrogen-bond donors (Lipinski definition) is 1. The number of rotatable bonds is 2. The first-order valence-corrected chi connectivity index (χ1v) is 4.90. The molecule has 0 radical (unpaired) electrons. The van der Waals surface area contributed by atoms with Crippen molar-refractivity contribution in [2.45, 2.75) is 6.92 Å². The highest BCUT2D eigenvalue weighted by Crippen LogP contribution is 2.22. The molecular weight excluding hydrogens is 223 g/mol. The van der Waals surface area contributed by atoms with E-state index in [1.54, 1.807) is 13.0 Å². The van der Waals surface area contributed by atoms with E-state index in [0.29, 0.717) is 11.1 Å². The van der Waals surface area contributed by atoms with Gasteiger partial charge in [0, 0.05) is 18.0 Å². The summed E-state index contributed by atoms with van der Waals surface area (Å²) in [6, 6.07) is 4.27. The van der Waals surface area contributed by atoms with Crippen LogP contribution < -0.4 is 0 Å². The highest BCUT2D eigenvalue weighted by molar-refractivity contribution is 5.92. The van der Waals surface area contributed by atoms with Crippen LogP contribution in [0.15, 0.2) is 30.6 Å². The minimum absolute atomic E-state index is 0.169. The van der Waals surface area contributed by atoms with Crippen molar-refractivity contribution in [3.8, 4) is 11.3 Å². The monoisotopic (exact) mass is 232 g/mol. The summed E-state index contributed by atoms with van der Waals surface area (Å²) >= 11 is 0. The molecule has 4 nitrogen and oxygen atoms in total. The van der Waals surface area contributed by atoms with Crippen molar-refractivity contribution in [3.05, 3.63) is 47.7 Å². The molecule has 1 aromatic heterocycles. The first-order chi connectivity index (χ1) is 8.08. The van der Waals surface area contributed by atoms with Gasteiger partial charge in [-0.1, -0.05) is 0 Å². The summed E-state index contributed by atoms with van der Waals surface area (Å²) in [6.45, 7) is 1.73. The normalized spacial score (nSPS) is 10.2. The first-order valence-electron chi connectivity index (χ1n) is 4.90. The van der Waals surface area contributed by atoms with Gasteiger partial charge in [-0.3, -0.25) is 4.98 Å². The molecule has 0 saturated heterocycles. The molecule has 0 unspecified atom stereocenters. The van der Waals surface area contributed by atoms with Gasteiger partial charge in [0.1, 0.15) is 11.5 Å². The van der Waals surface area contributed by atoms with Crippen LogP contribution in [0.3, 0.4) is 0 Å². The Morgan fingerprint density at radius 1 is 1.24 bits per heavy atom. The van der Waals surface area contributed by atoms with Gasteiger partial charge in [-0.25, -0.2) is 14.2 Å². The Balaban J connectivity index is 2.64. The molecule has 0 aliphatic carbocycles. The van der Waals surface area contributed by atoms with Crippen molar-refractivity contribution in [2.24, 2.45) is 0 Å². The molecule has 0 aliphatic rings. The van der Waals surface area contributed by atoms with E-state index >= 15 is 0 Å². The zero-order chi connectivity index (χ0) is 12.4. The first kappa shape index (κ1) is 11.2. The maximum Gasteiger partial charge on any atom is 0.356 e. The van der Waals surface area contributed by atoms with Crippen molar-refractivity contribution >= 4 is 5.97 Å². The Labute approximate surface area is 96.8 Å². The third kappa shape index (κ3) is 2.28. The van der Waals surface area contributed by atoms with Gasteiger partial charge in [0.05, 0.1) is 0 Å². The lowest BCUT2D eigenvalue weighted by atomic mass is 10.1. The summed E-state index contributed by atoms with van der Waals surface area (Å²) in [4.78, 5) is 18.6. The van der Waals surface area contributed by atoms with Gasteiger partial charge in [-0.05, 0) is 30.7 Å². The lowest BCUT2D eigenvalue weighted by Gasteiger charge is -2.05. The molecule has 0 amide bonds. The van der Waals surface area contributed by atoms with Crippen molar-refractivity contribution < 1.29 is 14.3 Å². The van der Waals surface area contributed by atoms with Crippen LogP contribution in [0.5, 0.6) is 0 Å². The number of carboxylic acid groups (broad SMARTS) is 1. The van der Waals surface area contributed by atoms with E-state index in [9.17, 15) is 9.18 Å². The van der Waals surface area contributed by atoms with Gasteiger partial charge in [0.15, 0.2) is 5.69 Å². The molecule has 0 bridgehead atoms. The molecule has 0 aliphatic heterocycles. The number of carbonyl (C=O) groups is 1. The molecule has 0 fully saturated rings. The zero-order valence-corrected chi connectivity index (χ0v) is 9.01. The van der Waals surface area contributed by atoms with Crippen LogP contribution in [0.25, 0.3) is 11.3 Å². The smallest absolute Gasteiger partial charge is 0.356 e. The van der Waals surface area contributed by atoms with Crippen molar-refractivity contribution in [1.82, 2.24) is 9.97 Å². The fourth-order valence-corrected chi connectivity index (χ4v) is 1.58. The van der Waals surface area contributed by atoms with E-state index in [-0.39, 0.29) is 11.4 Å². The fourth-order valence-electron chi connectivity index (χ4n) is 1.58. The van der Waals surface area contributed by atoms with Crippen LogP contribution >= 0.6 is 0 Å². The highest BCUT2D eigenvalue weighted by atomic mass is 19.1. The third-order valence-electron chi connectivity index (χ3n) is 2.22. The van der Waals surface area contributed by atoms with Crippen LogP contribution in [0.1, 0.15) is 16.1 Å². The van der Waals surface area contributed by atoms with Crippen molar-refractivity contribution in [1.29, 1.82) is 0 Å². The van der Waals surface area contributed by atoms with E-state index in [1.165, 1.54) is 24.5 Å². The average Bonchev–Trinajstić information content (AvgIpc) is 2.27. The number of aromatic carboxylic acids is 1. The Morgan fingerprint density at radius 3 is 2.59 bits per heavy atom. The standard InChI is InChI=1S/C12H9FN2O2/c1-7-4-8(6-9(13)5-7)10-11(12(16)17)15-3-2-14-10/h2-6H,1H3,(H,16,17). The van der Waals surface area contributed by atoms with Gasteiger partial charge < -0.3 is 5.11 Å². The van der Waals surface area contributed by atoms with Gasteiger partial charge in [-0.15, -0.1) is 0 Å². The van der Waals surface area contributed by atoms with E-state index in [4.69, 9.17) is 5.11 Å². The van der Waals surface area contributed by atoms with Gasteiger partial charge in [-0.2, -0.15) is 0 Å². The molecular formula is C12H9FN2O2. The zero-order valence-electron chi connectivity index (χ0n) is 9.01. The Hall–Kier alpha value is -2.30. The van der Waals surface area contributed by atoms with Crippen LogP contribution in [0.4, 0.5) is 4.39 Å². The second kappa shape index (κ2) is 4.29. The molecule has 0 saturated carbocycles. The predicted octanol–water partition coefficient (Wildman–Crippen LogP) is 2.29. The molecule has 2 aromatic rings. The number of hydrogen-bond acceptors (Lipinski definition) is 3. The number of aryl methyl sites for hydroxylation is 1. The summed E-state index contributed by atoms with van der Waals surface area (Å²) in [6.07, 6.45) is 2.67. The summed E-state index contributed by atoms with van der Waals surface area (Å²) in [5, 5.41) is 8.97. The van der Waals surface area contributed by atoms with Gasteiger partial charge in [0.2, 0.25) is 0 Å².